The normalized spacial score (nSPS) is 16.7. The number of aryl methyl sites for hydroxylation is 1. The molecule has 0 amide bonds. The molecule has 7 heteroatoms. The molecule has 24 heavy (non-hydrogen) atoms. The number of guanidine groups is 1. The third-order valence-electron chi connectivity index (χ3n) is 4.35. The summed E-state index contributed by atoms with van der Waals surface area (Å²) in [6, 6.07) is 0. The number of halogens is 1. The molecule has 1 aromatic rings. The van der Waals surface area contributed by atoms with Gasteiger partial charge in [-0.3, -0.25) is 0 Å². The summed E-state index contributed by atoms with van der Waals surface area (Å²) in [5.41, 5.74) is 0. The smallest absolute Gasteiger partial charge is 0.191 e. The Morgan fingerprint density at radius 1 is 1.33 bits per heavy atom. The number of nitrogens with one attached hydrogen (secondary N) is 2. The zero-order valence-corrected chi connectivity index (χ0v) is 18.3. The van der Waals surface area contributed by atoms with Gasteiger partial charge in [0.25, 0.3) is 0 Å². The monoisotopic (exact) mass is 465 g/mol. The minimum Gasteiger partial charge on any atom is -0.357 e. The largest absolute Gasteiger partial charge is 0.357 e. The first-order valence-corrected chi connectivity index (χ1v) is 9.67. The van der Waals surface area contributed by atoms with Crippen LogP contribution in [-0.2, 0) is 13.0 Å². The van der Waals surface area contributed by atoms with E-state index in [2.05, 4.69) is 46.4 Å². The maximum absolute atomic E-state index is 4.66. The highest BCUT2D eigenvalue weighted by Crippen LogP contribution is 2.18. The fourth-order valence-corrected chi connectivity index (χ4v) is 3.61. The Bertz CT molecular complexity index is 483. The van der Waals surface area contributed by atoms with Crippen LogP contribution >= 0.6 is 35.3 Å². The Hall–Kier alpha value is -0.410. The maximum atomic E-state index is 4.66. The van der Waals surface area contributed by atoms with Gasteiger partial charge < -0.3 is 15.5 Å². The van der Waals surface area contributed by atoms with E-state index >= 15 is 0 Å². The molecule has 1 aromatic heterocycles. The first kappa shape index (κ1) is 21.6. The van der Waals surface area contributed by atoms with Crippen LogP contribution in [0.15, 0.2) is 11.2 Å². The molecule has 1 fully saturated rings. The third-order valence-corrected chi connectivity index (χ3v) is 5.48. The molecule has 0 radical (unpaired) electrons. The predicted molar refractivity (Wildman–Crippen MR) is 115 cm³/mol. The molecule has 2 N–H and O–H groups in total. The molecule has 0 saturated carbocycles. The first-order chi connectivity index (χ1) is 11.2. The molecule has 0 atom stereocenters. The van der Waals surface area contributed by atoms with E-state index < -0.39 is 0 Å². The van der Waals surface area contributed by atoms with E-state index in [9.17, 15) is 0 Å². The predicted octanol–water partition coefficient (Wildman–Crippen LogP) is 3.11. The lowest BCUT2D eigenvalue weighted by molar-refractivity contribution is 0.213. The van der Waals surface area contributed by atoms with Crippen LogP contribution in [0.5, 0.6) is 0 Å². The topological polar surface area (TPSA) is 52.6 Å². The maximum Gasteiger partial charge on any atom is 0.191 e. The highest BCUT2D eigenvalue weighted by molar-refractivity contribution is 14.0. The molecule has 1 aliphatic rings. The second-order valence-electron chi connectivity index (χ2n) is 6.23. The van der Waals surface area contributed by atoms with E-state index in [1.54, 1.807) is 11.3 Å². The van der Waals surface area contributed by atoms with Gasteiger partial charge in [0, 0.05) is 24.2 Å². The van der Waals surface area contributed by atoms with Crippen molar-refractivity contribution in [2.24, 2.45) is 10.9 Å². The molecule has 0 bridgehead atoms. The van der Waals surface area contributed by atoms with Crippen LogP contribution in [0, 0.1) is 5.92 Å². The average molecular weight is 465 g/mol. The summed E-state index contributed by atoms with van der Waals surface area (Å²) < 4.78 is 0. The molecule has 0 aliphatic carbocycles. The second-order valence-corrected chi connectivity index (χ2v) is 7.43. The Morgan fingerprint density at radius 3 is 2.71 bits per heavy atom. The molecule has 0 spiro atoms. The summed E-state index contributed by atoms with van der Waals surface area (Å²) in [6.07, 6.45) is 6.90. The Kier molecular flexibility index (Phi) is 10.8. The molecule has 0 aromatic carbocycles. The molecule has 1 aliphatic heterocycles. The van der Waals surface area contributed by atoms with Gasteiger partial charge in [0.2, 0.25) is 0 Å². The number of aliphatic imine (C=N–C) groups is 1. The van der Waals surface area contributed by atoms with Gasteiger partial charge in [0.15, 0.2) is 5.96 Å². The van der Waals surface area contributed by atoms with Crippen molar-refractivity contribution in [1.29, 1.82) is 0 Å². The summed E-state index contributed by atoms with van der Waals surface area (Å²) in [4.78, 5) is 12.8. The van der Waals surface area contributed by atoms with Crippen molar-refractivity contribution in [1.82, 2.24) is 20.5 Å². The molecular weight excluding hydrogens is 433 g/mol. The van der Waals surface area contributed by atoms with Crippen molar-refractivity contribution in [3.63, 3.8) is 0 Å². The summed E-state index contributed by atoms with van der Waals surface area (Å²) in [5, 5.41) is 7.89. The SMILES string of the molecule is CCNC(=NCc1ncc(CC)s1)NCCC1CCN(C)CC1.I. The lowest BCUT2D eigenvalue weighted by Gasteiger charge is -2.29. The van der Waals surface area contributed by atoms with Crippen molar-refractivity contribution < 1.29 is 0 Å². The van der Waals surface area contributed by atoms with Crippen molar-refractivity contribution in [3.05, 3.63) is 16.1 Å². The lowest BCUT2D eigenvalue weighted by atomic mass is 9.94. The molecule has 138 valence electrons. The molecule has 5 nitrogen and oxygen atoms in total. The standard InChI is InChI=1S/C17H31N5S.HI/c1-4-15-12-20-16(23-15)13-21-17(18-5-2)19-9-6-14-7-10-22(3)11-8-14;/h12,14H,4-11,13H2,1-3H3,(H2,18,19,21);1H. The number of likely N-dealkylation sites (tertiary alicyclic amines) is 1. The number of nitrogens with zero attached hydrogens (tertiary/aromatic N) is 3. The van der Waals surface area contributed by atoms with E-state index in [4.69, 9.17) is 0 Å². The van der Waals surface area contributed by atoms with Crippen LogP contribution in [0.3, 0.4) is 0 Å². The highest BCUT2D eigenvalue weighted by Gasteiger charge is 2.16. The van der Waals surface area contributed by atoms with E-state index in [1.807, 2.05) is 6.20 Å². The van der Waals surface area contributed by atoms with Gasteiger partial charge in [0.05, 0.1) is 6.54 Å². The molecule has 2 heterocycles. The van der Waals surface area contributed by atoms with E-state index in [-0.39, 0.29) is 24.0 Å². The van der Waals surface area contributed by atoms with Gasteiger partial charge in [-0.25, -0.2) is 9.98 Å². The molecule has 0 unspecified atom stereocenters. The summed E-state index contributed by atoms with van der Waals surface area (Å²) >= 11 is 1.76. The number of aromatic nitrogens is 1. The van der Waals surface area contributed by atoms with Crippen molar-refractivity contribution in [2.45, 2.75) is 46.1 Å². The van der Waals surface area contributed by atoms with Crippen molar-refractivity contribution >= 4 is 41.3 Å². The number of piperidine rings is 1. The zero-order chi connectivity index (χ0) is 16.5. The lowest BCUT2D eigenvalue weighted by Crippen LogP contribution is -2.39. The summed E-state index contributed by atoms with van der Waals surface area (Å²) in [6.45, 7) is 9.29. The van der Waals surface area contributed by atoms with Gasteiger partial charge in [0.1, 0.15) is 5.01 Å². The number of thiazole rings is 1. The average Bonchev–Trinajstić information content (AvgIpc) is 3.02. The van der Waals surface area contributed by atoms with Crippen LogP contribution in [0.2, 0.25) is 0 Å². The van der Waals surface area contributed by atoms with Gasteiger partial charge >= 0.3 is 0 Å². The van der Waals surface area contributed by atoms with Gasteiger partial charge in [-0.2, -0.15) is 0 Å². The third kappa shape index (κ3) is 7.65. The minimum absolute atomic E-state index is 0. The van der Waals surface area contributed by atoms with Crippen LogP contribution < -0.4 is 10.6 Å². The van der Waals surface area contributed by atoms with E-state index in [0.29, 0.717) is 6.54 Å². The fourth-order valence-electron chi connectivity index (χ4n) is 2.82. The van der Waals surface area contributed by atoms with Crippen molar-refractivity contribution in [2.75, 3.05) is 33.2 Å². The highest BCUT2D eigenvalue weighted by atomic mass is 127. The summed E-state index contributed by atoms with van der Waals surface area (Å²) in [7, 11) is 2.22. The van der Waals surface area contributed by atoms with Gasteiger partial charge in [-0.1, -0.05) is 6.92 Å². The Morgan fingerprint density at radius 2 is 2.08 bits per heavy atom. The minimum atomic E-state index is 0. The summed E-state index contributed by atoms with van der Waals surface area (Å²) in [5.74, 6) is 1.77. The number of hydrogen-bond donors (Lipinski definition) is 2. The fraction of sp³-hybridized carbons (Fsp3) is 0.765. The van der Waals surface area contributed by atoms with Gasteiger partial charge in [-0.05, 0) is 58.7 Å². The van der Waals surface area contributed by atoms with Crippen LogP contribution in [0.4, 0.5) is 0 Å². The van der Waals surface area contributed by atoms with E-state index in [0.717, 1.165) is 36.4 Å². The van der Waals surface area contributed by atoms with E-state index in [1.165, 1.54) is 37.2 Å². The quantitative estimate of drug-likeness (QED) is 0.369. The van der Waals surface area contributed by atoms with Crippen LogP contribution in [0.1, 0.15) is 43.0 Å². The van der Waals surface area contributed by atoms with Crippen LogP contribution in [0.25, 0.3) is 0 Å². The molecular formula is C17H32IN5S. The Labute approximate surface area is 167 Å². The zero-order valence-electron chi connectivity index (χ0n) is 15.2. The number of rotatable bonds is 7. The second kappa shape index (κ2) is 12.0. The molecule has 2 rings (SSSR count). The van der Waals surface area contributed by atoms with Crippen molar-refractivity contribution in [3.8, 4) is 0 Å². The Balaban J connectivity index is 0.00000288. The number of hydrogen-bond acceptors (Lipinski definition) is 4. The van der Waals surface area contributed by atoms with Crippen LogP contribution in [-0.4, -0.2) is 49.1 Å². The first-order valence-electron chi connectivity index (χ1n) is 8.85. The molecule has 1 saturated heterocycles. The van der Waals surface area contributed by atoms with Gasteiger partial charge in [-0.15, -0.1) is 35.3 Å².